The fourth-order valence-corrected chi connectivity index (χ4v) is 3.99. The van der Waals surface area contributed by atoms with Crippen molar-refractivity contribution in [3.8, 4) is 0 Å². The maximum atomic E-state index is 12.8. The molecule has 1 saturated heterocycles. The molecule has 0 radical (unpaired) electrons. The van der Waals surface area contributed by atoms with E-state index in [1.165, 1.54) is 0 Å². The van der Waals surface area contributed by atoms with Crippen LogP contribution in [0.2, 0.25) is 0 Å². The summed E-state index contributed by atoms with van der Waals surface area (Å²) in [6.45, 7) is 7.16. The molecule has 0 atom stereocenters. The van der Waals surface area contributed by atoms with Crippen molar-refractivity contribution in [3.05, 3.63) is 53.5 Å². The molecular weight excluding hydrogens is 328 g/mol. The molecule has 26 heavy (non-hydrogen) atoms. The van der Waals surface area contributed by atoms with Gasteiger partial charge in [-0.25, -0.2) is 4.98 Å². The molecule has 2 aliphatic heterocycles. The molecule has 4 rings (SSSR count). The van der Waals surface area contributed by atoms with Crippen LogP contribution in [-0.2, 0) is 16.8 Å². The fourth-order valence-electron chi connectivity index (χ4n) is 3.99. The third-order valence-corrected chi connectivity index (χ3v) is 5.34. The molecule has 1 spiro atoms. The Morgan fingerprint density at radius 3 is 2.50 bits per heavy atom. The van der Waals surface area contributed by atoms with Crippen LogP contribution in [0.25, 0.3) is 0 Å². The van der Waals surface area contributed by atoms with Gasteiger partial charge in [0.25, 0.3) is 5.91 Å². The van der Waals surface area contributed by atoms with Crippen molar-refractivity contribution in [1.82, 2.24) is 14.9 Å². The Bertz CT molecular complexity index is 813. The van der Waals surface area contributed by atoms with Crippen molar-refractivity contribution in [2.24, 2.45) is 0 Å². The number of anilines is 1. The molecule has 1 aromatic heterocycles. The highest BCUT2D eigenvalue weighted by Gasteiger charge is 2.54. The summed E-state index contributed by atoms with van der Waals surface area (Å²) < 4.78 is 5.12. The predicted molar refractivity (Wildman–Crippen MR) is 99.3 cm³/mol. The van der Waals surface area contributed by atoms with Gasteiger partial charge in [0.05, 0.1) is 17.7 Å². The first-order valence-corrected chi connectivity index (χ1v) is 8.99. The van der Waals surface area contributed by atoms with E-state index in [-0.39, 0.29) is 11.3 Å². The number of carbonyl (C=O) groups is 1. The van der Waals surface area contributed by atoms with Crippen molar-refractivity contribution in [1.29, 1.82) is 0 Å². The van der Waals surface area contributed by atoms with Gasteiger partial charge in [0.1, 0.15) is 0 Å². The molecule has 0 saturated carbocycles. The molecule has 0 aliphatic carbocycles. The third-order valence-electron chi connectivity index (χ3n) is 5.34. The van der Waals surface area contributed by atoms with Crippen LogP contribution in [0.4, 0.5) is 5.82 Å². The van der Waals surface area contributed by atoms with Crippen molar-refractivity contribution in [2.75, 3.05) is 31.6 Å². The Morgan fingerprint density at radius 1 is 1.15 bits per heavy atom. The molecule has 2 aromatic rings. The molecule has 136 valence electrons. The Kier molecular flexibility index (Phi) is 4.15. The second-order valence-electron chi connectivity index (χ2n) is 7.52. The summed E-state index contributed by atoms with van der Waals surface area (Å²) in [5.41, 5.74) is 2.74. The number of aromatic nitrogens is 2. The van der Waals surface area contributed by atoms with Gasteiger partial charge in [-0.05, 0) is 31.5 Å². The lowest BCUT2D eigenvalue weighted by Gasteiger charge is -2.47. The number of nitrogens with zero attached hydrogens (tertiary/aromatic N) is 4. The van der Waals surface area contributed by atoms with Gasteiger partial charge in [0.2, 0.25) is 0 Å². The highest BCUT2D eigenvalue weighted by molar-refractivity contribution is 5.95. The first-order valence-electron chi connectivity index (χ1n) is 8.99. The third kappa shape index (κ3) is 2.65. The number of benzene rings is 1. The fraction of sp³-hybridized carbons (Fsp3) is 0.450. The molecule has 3 heterocycles. The monoisotopic (exact) mass is 352 g/mol. The lowest BCUT2D eigenvalue weighted by atomic mass is 9.78. The summed E-state index contributed by atoms with van der Waals surface area (Å²) in [5, 5.41) is 0. The van der Waals surface area contributed by atoms with Gasteiger partial charge in [-0.1, -0.05) is 12.1 Å². The predicted octanol–water partition coefficient (Wildman–Crippen LogP) is 2.25. The Balaban J connectivity index is 1.50. The van der Waals surface area contributed by atoms with Crippen LogP contribution in [0.15, 0.2) is 36.7 Å². The maximum absolute atomic E-state index is 12.8. The second-order valence-corrected chi connectivity index (χ2v) is 7.52. The minimum Gasteiger partial charge on any atom is -0.380 e. The van der Waals surface area contributed by atoms with Gasteiger partial charge in [0.15, 0.2) is 5.82 Å². The largest absolute Gasteiger partial charge is 0.380 e. The number of methoxy groups -OCH3 is 1. The minimum absolute atomic E-state index is 0.0769. The number of hydrogen-bond acceptors (Lipinski definition) is 5. The smallest absolute Gasteiger partial charge is 0.253 e. The van der Waals surface area contributed by atoms with E-state index < -0.39 is 0 Å². The Morgan fingerprint density at radius 2 is 1.85 bits per heavy atom. The van der Waals surface area contributed by atoms with Crippen LogP contribution in [-0.4, -0.2) is 53.6 Å². The summed E-state index contributed by atoms with van der Waals surface area (Å²) >= 11 is 0. The molecule has 1 fully saturated rings. The highest BCUT2D eigenvalue weighted by Crippen LogP contribution is 2.45. The van der Waals surface area contributed by atoms with E-state index in [1.54, 1.807) is 19.5 Å². The van der Waals surface area contributed by atoms with E-state index in [0.717, 1.165) is 29.2 Å². The van der Waals surface area contributed by atoms with Crippen molar-refractivity contribution in [3.63, 3.8) is 0 Å². The van der Waals surface area contributed by atoms with Crippen LogP contribution in [0, 0.1) is 0 Å². The molecular formula is C20H24N4O2. The molecule has 0 bridgehead atoms. The minimum atomic E-state index is -0.0838. The van der Waals surface area contributed by atoms with Crippen LogP contribution in [0.3, 0.4) is 0 Å². The molecule has 0 unspecified atom stereocenters. The van der Waals surface area contributed by atoms with Crippen LogP contribution in [0.1, 0.15) is 35.5 Å². The van der Waals surface area contributed by atoms with Gasteiger partial charge in [-0.15, -0.1) is 0 Å². The number of ether oxygens (including phenoxy) is 1. The van der Waals surface area contributed by atoms with E-state index in [1.807, 2.05) is 29.2 Å². The summed E-state index contributed by atoms with van der Waals surface area (Å²) in [4.78, 5) is 26.2. The van der Waals surface area contributed by atoms with Gasteiger partial charge in [0, 0.05) is 50.7 Å². The van der Waals surface area contributed by atoms with Crippen molar-refractivity contribution >= 4 is 11.7 Å². The normalized spacial score (nSPS) is 17.5. The molecule has 6 nitrogen and oxygen atoms in total. The van der Waals surface area contributed by atoms with Gasteiger partial charge >= 0.3 is 0 Å². The van der Waals surface area contributed by atoms with Crippen molar-refractivity contribution in [2.45, 2.75) is 31.9 Å². The second kappa shape index (κ2) is 6.36. The summed E-state index contributed by atoms with van der Waals surface area (Å²) in [5.74, 6) is 1.05. The summed E-state index contributed by atoms with van der Waals surface area (Å²) in [7, 11) is 1.67. The first kappa shape index (κ1) is 17.0. The van der Waals surface area contributed by atoms with Crippen molar-refractivity contribution < 1.29 is 9.53 Å². The van der Waals surface area contributed by atoms with E-state index in [9.17, 15) is 4.79 Å². The molecule has 0 N–H and O–H groups in total. The topological polar surface area (TPSA) is 58.6 Å². The molecule has 2 aliphatic rings. The van der Waals surface area contributed by atoms with Crippen LogP contribution in [0.5, 0.6) is 0 Å². The van der Waals surface area contributed by atoms with Crippen LogP contribution < -0.4 is 4.90 Å². The van der Waals surface area contributed by atoms with E-state index in [4.69, 9.17) is 4.74 Å². The average molecular weight is 352 g/mol. The first-order chi connectivity index (χ1) is 12.5. The Labute approximate surface area is 153 Å². The maximum Gasteiger partial charge on any atom is 0.253 e. The lowest BCUT2D eigenvalue weighted by Crippen LogP contribution is -2.63. The average Bonchev–Trinajstić information content (AvgIpc) is 2.97. The van der Waals surface area contributed by atoms with E-state index >= 15 is 0 Å². The zero-order chi connectivity index (χ0) is 18.3. The molecule has 1 amide bonds. The number of likely N-dealkylation sites (tertiary alicyclic amines) is 1. The molecule has 6 heteroatoms. The lowest BCUT2D eigenvalue weighted by molar-refractivity contribution is 0.0415. The Hall–Kier alpha value is -2.47. The highest BCUT2D eigenvalue weighted by atomic mass is 16.5. The number of carbonyl (C=O) groups excluding carboxylic acids is 1. The zero-order valence-corrected chi connectivity index (χ0v) is 15.5. The van der Waals surface area contributed by atoms with Crippen LogP contribution >= 0.6 is 0 Å². The standard InChI is InChI=1S/C20H24N4O2/c1-14(2)24-13-20(17-18(24)22-9-8-21-17)11-23(12-20)19(25)16-6-4-15(5-7-16)10-26-3/h4-9,14H,10-13H2,1-3H3. The van der Waals surface area contributed by atoms with Gasteiger partial charge in [-0.3, -0.25) is 9.78 Å². The molecule has 1 aromatic carbocycles. The summed E-state index contributed by atoms with van der Waals surface area (Å²) in [6, 6.07) is 8.02. The van der Waals surface area contributed by atoms with Gasteiger partial charge < -0.3 is 14.5 Å². The summed E-state index contributed by atoms with van der Waals surface area (Å²) in [6.07, 6.45) is 3.50. The number of amides is 1. The SMILES string of the molecule is COCc1ccc(C(=O)N2CC3(C2)CN(C(C)C)c2nccnc23)cc1. The van der Waals surface area contributed by atoms with E-state index in [2.05, 4.69) is 28.7 Å². The zero-order valence-electron chi connectivity index (χ0n) is 15.5. The number of hydrogen-bond donors (Lipinski definition) is 0. The number of fused-ring (bicyclic) bond motifs is 2. The quantitative estimate of drug-likeness (QED) is 0.845. The van der Waals surface area contributed by atoms with E-state index in [0.29, 0.717) is 25.7 Å². The number of rotatable bonds is 4. The van der Waals surface area contributed by atoms with Gasteiger partial charge in [-0.2, -0.15) is 0 Å².